The molecular weight excluding hydrogens is 262 g/mol. The van der Waals surface area contributed by atoms with Gasteiger partial charge in [-0.3, -0.25) is 0 Å². The number of nitrogens with two attached hydrogens (primary N) is 1. The van der Waals surface area contributed by atoms with Gasteiger partial charge in [-0.1, -0.05) is 6.07 Å². The highest BCUT2D eigenvalue weighted by atomic mass is 15.3. The molecule has 1 fully saturated rings. The zero-order valence-electron chi connectivity index (χ0n) is 13.0. The van der Waals surface area contributed by atoms with Gasteiger partial charge in [0.25, 0.3) is 0 Å². The van der Waals surface area contributed by atoms with Crippen LogP contribution in [-0.2, 0) is 13.0 Å². The maximum Gasteiger partial charge on any atom is 0.155 e. The summed E-state index contributed by atoms with van der Waals surface area (Å²) in [5.74, 6) is 1.63. The number of likely N-dealkylation sites (tertiary alicyclic amines) is 1. The molecule has 1 atom stereocenters. The van der Waals surface area contributed by atoms with Crippen molar-refractivity contribution in [1.29, 1.82) is 0 Å². The standard InChI is InChI=1S/C16H25N5/c1-12(2)20-7-3-4-13(10-20)8-15-18-16-6-5-14(9-17)11-21(16)19-15/h5-6,11-13H,3-4,7-10,17H2,1-2H3. The van der Waals surface area contributed by atoms with Crippen LogP contribution in [0.4, 0.5) is 0 Å². The van der Waals surface area contributed by atoms with E-state index in [4.69, 9.17) is 5.73 Å². The zero-order chi connectivity index (χ0) is 14.8. The highest BCUT2D eigenvalue weighted by Gasteiger charge is 2.23. The molecular formula is C16H25N5. The number of nitrogens with zero attached hydrogens (tertiary/aromatic N) is 4. The van der Waals surface area contributed by atoms with Crippen LogP contribution >= 0.6 is 0 Å². The van der Waals surface area contributed by atoms with Gasteiger partial charge in [0.1, 0.15) is 0 Å². The molecule has 0 amide bonds. The fraction of sp³-hybridized carbons (Fsp3) is 0.625. The van der Waals surface area contributed by atoms with Gasteiger partial charge in [-0.15, -0.1) is 0 Å². The smallest absolute Gasteiger partial charge is 0.155 e. The average molecular weight is 287 g/mol. The molecule has 2 aromatic heterocycles. The van der Waals surface area contributed by atoms with E-state index < -0.39 is 0 Å². The van der Waals surface area contributed by atoms with Crippen LogP contribution in [0, 0.1) is 5.92 Å². The first-order valence-electron chi connectivity index (χ1n) is 7.94. The Labute approximate surface area is 126 Å². The molecule has 2 aromatic rings. The van der Waals surface area contributed by atoms with E-state index in [2.05, 4.69) is 28.8 Å². The molecule has 1 unspecified atom stereocenters. The van der Waals surface area contributed by atoms with E-state index in [9.17, 15) is 0 Å². The Hall–Kier alpha value is -1.46. The van der Waals surface area contributed by atoms with Gasteiger partial charge in [0.05, 0.1) is 0 Å². The molecule has 3 heterocycles. The van der Waals surface area contributed by atoms with Crippen LogP contribution in [0.2, 0.25) is 0 Å². The molecule has 0 aromatic carbocycles. The van der Waals surface area contributed by atoms with Crippen molar-refractivity contribution in [1.82, 2.24) is 19.5 Å². The molecule has 1 aliphatic rings. The number of rotatable bonds is 4. The predicted molar refractivity (Wildman–Crippen MR) is 84.0 cm³/mol. The zero-order valence-corrected chi connectivity index (χ0v) is 13.0. The first kappa shape index (κ1) is 14.5. The van der Waals surface area contributed by atoms with Crippen LogP contribution in [0.3, 0.4) is 0 Å². The first-order chi connectivity index (χ1) is 10.2. The Morgan fingerprint density at radius 1 is 1.38 bits per heavy atom. The summed E-state index contributed by atoms with van der Waals surface area (Å²) >= 11 is 0. The molecule has 2 N–H and O–H groups in total. The molecule has 1 aliphatic heterocycles. The largest absolute Gasteiger partial charge is 0.326 e. The van der Waals surface area contributed by atoms with E-state index >= 15 is 0 Å². The number of fused-ring (bicyclic) bond motifs is 1. The second-order valence-corrected chi connectivity index (χ2v) is 6.37. The lowest BCUT2D eigenvalue weighted by molar-refractivity contribution is 0.138. The normalized spacial score (nSPS) is 20.5. The maximum atomic E-state index is 5.67. The molecule has 0 aliphatic carbocycles. The Morgan fingerprint density at radius 3 is 3.00 bits per heavy atom. The second kappa shape index (κ2) is 6.12. The molecule has 5 heteroatoms. The minimum absolute atomic E-state index is 0.539. The summed E-state index contributed by atoms with van der Waals surface area (Å²) in [6.45, 7) is 7.49. The Bertz CT molecular complexity index is 604. The van der Waals surface area contributed by atoms with Crippen molar-refractivity contribution in [3.63, 3.8) is 0 Å². The summed E-state index contributed by atoms with van der Waals surface area (Å²) in [6, 6.07) is 4.66. The maximum absolute atomic E-state index is 5.67. The van der Waals surface area contributed by atoms with Gasteiger partial charge in [0.15, 0.2) is 11.5 Å². The van der Waals surface area contributed by atoms with Crippen LogP contribution in [0.25, 0.3) is 5.65 Å². The molecule has 0 spiro atoms. The van der Waals surface area contributed by atoms with Gasteiger partial charge in [-0.05, 0) is 50.8 Å². The third kappa shape index (κ3) is 3.24. The van der Waals surface area contributed by atoms with Gasteiger partial charge < -0.3 is 10.6 Å². The van der Waals surface area contributed by atoms with E-state index in [1.807, 2.05) is 22.8 Å². The lowest BCUT2D eigenvalue weighted by atomic mass is 9.94. The molecule has 0 saturated carbocycles. The molecule has 1 saturated heterocycles. The number of pyridine rings is 1. The van der Waals surface area contributed by atoms with E-state index in [1.54, 1.807) is 0 Å². The monoisotopic (exact) mass is 287 g/mol. The Kier molecular flexibility index (Phi) is 4.22. The average Bonchev–Trinajstić information content (AvgIpc) is 2.88. The van der Waals surface area contributed by atoms with E-state index in [0.717, 1.165) is 23.5 Å². The van der Waals surface area contributed by atoms with Crippen molar-refractivity contribution >= 4 is 5.65 Å². The minimum atomic E-state index is 0.539. The highest BCUT2D eigenvalue weighted by molar-refractivity contribution is 5.38. The first-order valence-corrected chi connectivity index (χ1v) is 7.94. The van der Waals surface area contributed by atoms with Crippen LogP contribution in [0.5, 0.6) is 0 Å². The van der Waals surface area contributed by atoms with Crippen molar-refractivity contribution in [2.75, 3.05) is 13.1 Å². The summed E-state index contributed by atoms with van der Waals surface area (Å²) in [6.07, 6.45) is 5.52. The van der Waals surface area contributed by atoms with E-state index in [0.29, 0.717) is 18.5 Å². The van der Waals surface area contributed by atoms with E-state index in [1.165, 1.54) is 25.9 Å². The van der Waals surface area contributed by atoms with Gasteiger partial charge >= 0.3 is 0 Å². The lowest BCUT2D eigenvalue weighted by Crippen LogP contribution is -2.40. The van der Waals surface area contributed by atoms with Crippen molar-refractivity contribution in [3.8, 4) is 0 Å². The van der Waals surface area contributed by atoms with Gasteiger partial charge in [0.2, 0.25) is 0 Å². The summed E-state index contributed by atoms with van der Waals surface area (Å²) < 4.78 is 1.86. The van der Waals surface area contributed by atoms with Crippen molar-refractivity contribution < 1.29 is 0 Å². The molecule has 3 rings (SSSR count). The van der Waals surface area contributed by atoms with Crippen LogP contribution in [0.15, 0.2) is 18.3 Å². The van der Waals surface area contributed by atoms with Gasteiger partial charge in [-0.2, -0.15) is 5.10 Å². The van der Waals surface area contributed by atoms with Crippen molar-refractivity contribution in [3.05, 3.63) is 29.7 Å². The second-order valence-electron chi connectivity index (χ2n) is 6.37. The fourth-order valence-electron chi connectivity index (χ4n) is 3.17. The molecule has 5 nitrogen and oxygen atoms in total. The lowest BCUT2D eigenvalue weighted by Gasteiger charge is -2.35. The van der Waals surface area contributed by atoms with Crippen molar-refractivity contribution in [2.24, 2.45) is 11.7 Å². The third-order valence-electron chi connectivity index (χ3n) is 4.42. The molecule has 114 valence electrons. The summed E-state index contributed by atoms with van der Waals surface area (Å²) in [5.41, 5.74) is 7.67. The van der Waals surface area contributed by atoms with E-state index in [-0.39, 0.29) is 0 Å². The topological polar surface area (TPSA) is 59.5 Å². The SMILES string of the molecule is CC(C)N1CCCC(Cc2nc3ccc(CN)cn3n2)C1. The van der Waals surface area contributed by atoms with Crippen molar-refractivity contribution in [2.45, 2.75) is 45.7 Å². The van der Waals surface area contributed by atoms with Crippen LogP contribution in [0.1, 0.15) is 38.1 Å². The molecule has 21 heavy (non-hydrogen) atoms. The molecule has 0 bridgehead atoms. The van der Waals surface area contributed by atoms with Crippen LogP contribution < -0.4 is 5.73 Å². The summed E-state index contributed by atoms with van der Waals surface area (Å²) in [5, 5.41) is 4.62. The number of hydrogen-bond donors (Lipinski definition) is 1. The Balaban J connectivity index is 1.72. The van der Waals surface area contributed by atoms with Gasteiger partial charge in [-0.25, -0.2) is 9.50 Å². The van der Waals surface area contributed by atoms with Gasteiger partial charge in [0, 0.05) is 31.7 Å². The predicted octanol–water partition coefficient (Wildman–Crippen LogP) is 1.85. The minimum Gasteiger partial charge on any atom is -0.326 e. The quantitative estimate of drug-likeness (QED) is 0.932. The van der Waals surface area contributed by atoms with Crippen LogP contribution in [-0.4, -0.2) is 38.6 Å². The Morgan fingerprint density at radius 2 is 2.24 bits per heavy atom. The third-order valence-corrected chi connectivity index (χ3v) is 4.42. The number of aromatic nitrogens is 3. The number of piperidine rings is 1. The summed E-state index contributed by atoms with van der Waals surface area (Å²) in [7, 11) is 0. The highest BCUT2D eigenvalue weighted by Crippen LogP contribution is 2.21. The number of hydrogen-bond acceptors (Lipinski definition) is 4. The summed E-state index contributed by atoms with van der Waals surface area (Å²) in [4.78, 5) is 7.21. The molecule has 0 radical (unpaired) electrons. The fourth-order valence-corrected chi connectivity index (χ4v) is 3.17.